The van der Waals surface area contributed by atoms with Gasteiger partial charge in [-0.3, -0.25) is 4.79 Å². The highest BCUT2D eigenvalue weighted by molar-refractivity contribution is 7.49. The molecule has 8 heteroatoms. The molecule has 0 saturated heterocycles. The quantitative estimate of drug-likeness (QED) is 0.368. The fourth-order valence-corrected chi connectivity index (χ4v) is 9.83. The first-order valence-corrected chi connectivity index (χ1v) is 14.2. The van der Waals surface area contributed by atoms with E-state index in [0.717, 1.165) is 44.9 Å². The summed E-state index contributed by atoms with van der Waals surface area (Å²) in [4.78, 5) is 30.8. The van der Waals surface area contributed by atoms with Gasteiger partial charge in [-0.15, -0.1) is 0 Å². The molecule has 4 saturated carbocycles. The maximum atomic E-state index is 12.1. The lowest BCUT2D eigenvalue weighted by molar-refractivity contribution is -0.141. The molecule has 10 atom stereocenters. The van der Waals surface area contributed by atoms with Crippen molar-refractivity contribution in [3.05, 3.63) is 0 Å². The molecule has 7 nitrogen and oxygen atoms in total. The van der Waals surface area contributed by atoms with Gasteiger partial charge < -0.3 is 20.0 Å². The highest BCUT2D eigenvalue weighted by Gasteiger charge is 2.63. The lowest BCUT2D eigenvalue weighted by Crippen LogP contribution is -2.61. The van der Waals surface area contributed by atoms with Gasteiger partial charge >= 0.3 is 13.7 Å². The first-order valence-electron chi connectivity index (χ1n) is 12.6. The fraction of sp³-hybridized carbons (Fsp3) is 0.958. The zero-order chi connectivity index (χ0) is 23.5. The van der Waals surface area contributed by atoms with Gasteiger partial charge in [0.1, 0.15) is 0 Å². The van der Waals surface area contributed by atoms with E-state index < -0.39 is 13.7 Å². The molecule has 0 aliphatic heterocycles. The monoisotopic (exact) mass is 471 g/mol. The molecule has 4 aliphatic rings. The van der Waals surface area contributed by atoms with Crippen molar-refractivity contribution in [3.63, 3.8) is 0 Å². The second-order valence-electron chi connectivity index (χ2n) is 12.1. The third-order valence-corrected chi connectivity index (χ3v) is 11.3. The third-order valence-electron chi connectivity index (χ3n) is 10.6. The summed E-state index contributed by atoms with van der Waals surface area (Å²) in [5.74, 6) is 1.36. The van der Waals surface area contributed by atoms with Crippen LogP contribution in [0.1, 0.15) is 85.0 Å². The number of carboxylic acids is 1. The zero-order valence-electron chi connectivity index (χ0n) is 19.7. The molecule has 1 unspecified atom stereocenters. The Bertz CT molecular complexity index is 772. The molecular weight excluding hydrogens is 429 g/mol. The maximum Gasteiger partial charge on any atom is 0.400 e. The Kier molecular flexibility index (Phi) is 6.66. The predicted molar refractivity (Wildman–Crippen MR) is 122 cm³/mol. The van der Waals surface area contributed by atoms with Crippen molar-refractivity contribution in [1.82, 2.24) is 5.09 Å². The summed E-state index contributed by atoms with van der Waals surface area (Å²) in [5.41, 5.74) is 0.205. The molecule has 0 heterocycles. The summed E-state index contributed by atoms with van der Waals surface area (Å²) in [6.07, 6.45) is 8.15. The van der Waals surface area contributed by atoms with Crippen LogP contribution in [0.15, 0.2) is 0 Å². The smallest absolute Gasteiger partial charge is 0.400 e. The largest absolute Gasteiger partial charge is 0.481 e. The summed E-state index contributed by atoms with van der Waals surface area (Å²) in [7, 11) is -4.37. The van der Waals surface area contributed by atoms with Gasteiger partial charge in [0.05, 0.1) is 6.10 Å². The lowest BCUT2D eigenvalue weighted by Gasteiger charge is -2.63. The summed E-state index contributed by atoms with van der Waals surface area (Å²) in [6, 6.07) is -0.234. The minimum atomic E-state index is -4.37. The van der Waals surface area contributed by atoms with Crippen LogP contribution in [-0.2, 0) is 9.36 Å². The molecule has 4 fully saturated rings. The second kappa shape index (κ2) is 8.64. The summed E-state index contributed by atoms with van der Waals surface area (Å²) in [5, 5.41) is 22.2. The van der Waals surface area contributed by atoms with E-state index in [-0.39, 0.29) is 41.2 Å². The third kappa shape index (κ3) is 4.33. The molecule has 0 aromatic carbocycles. The highest BCUT2D eigenvalue weighted by atomic mass is 31.2. The number of carboxylic acid groups (broad SMARTS) is 1. The number of fused-ring (bicyclic) bond motifs is 5. The van der Waals surface area contributed by atoms with E-state index in [1.165, 1.54) is 0 Å². The number of aliphatic carboxylic acids is 1. The van der Waals surface area contributed by atoms with E-state index in [2.05, 4.69) is 25.9 Å². The van der Waals surface area contributed by atoms with E-state index in [4.69, 9.17) is 5.11 Å². The van der Waals surface area contributed by atoms with Crippen molar-refractivity contribution in [2.45, 2.75) is 97.1 Å². The standard InChI is InChI=1S/C24H42NO6P/c1-14(4-7-21(27)28)17-5-6-18-22-19(9-11-24(17,18)3)23(2)10-8-16(26)12-15(23)13-20(22)25-32(29,30)31/h14-20,22,26H,4-13H2,1-3H3,(H,27,28)(H3,25,29,30,31)/t14-,15+,16-,17-,18+,19+,20?,22+,23+,24-/m1/s1. The van der Waals surface area contributed by atoms with Crippen LogP contribution in [0.4, 0.5) is 0 Å². The Morgan fingerprint density at radius 1 is 1.06 bits per heavy atom. The number of aliphatic hydroxyl groups excluding tert-OH is 1. The average Bonchev–Trinajstić information content (AvgIpc) is 3.03. The highest BCUT2D eigenvalue weighted by Crippen LogP contribution is 2.68. The van der Waals surface area contributed by atoms with Crippen LogP contribution in [0.25, 0.3) is 0 Å². The fourth-order valence-electron chi connectivity index (χ4n) is 9.12. The molecule has 0 aromatic rings. The van der Waals surface area contributed by atoms with Crippen LogP contribution >= 0.6 is 7.75 Å². The zero-order valence-corrected chi connectivity index (χ0v) is 20.6. The minimum absolute atomic E-state index is 0.0886. The van der Waals surface area contributed by atoms with Crippen LogP contribution in [0.5, 0.6) is 0 Å². The maximum absolute atomic E-state index is 12.1. The van der Waals surface area contributed by atoms with Crippen molar-refractivity contribution >= 4 is 13.7 Å². The first-order chi connectivity index (χ1) is 14.8. The average molecular weight is 472 g/mol. The number of rotatable bonds is 6. The Morgan fingerprint density at radius 2 is 1.72 bits per heavy atom. The van der Waals surface area contributed by atoms with Crippen molar-refractivity contribution in [2.75, 3.05) is 0 Å². The number of hydrogen-bond acceptors (Lipinski definition) is 3. The van der Waals surface area contributed by atoms with Crippen molar-refractivity contribution in [1.29, 1.82) is 0 Å². The van der Waals surface area contributed by atoms with E-state index >= 15 is 0 Å². The van der Waals surface area contributed by atoms with Gasteiger partial charge in [-0.25, -0.2) is 9.65 Å². The van der Waals surface area contributed by atoms with Gasteiger partial charge in [0, 0.05) is 12.5 Å². The number of nitrogens with one attached hydrogen (secondary N) is 1. The number of aliphatic hydroxyl groups is 1. The Balaban J connectivity index is 1.64. The molecule has 0 bridgehead atoms. The molecule has 32 heavy (non-hydrogen) atoms. The molecular formula is C24H42NO6P. The lowest BCUT2D eigenvalue weighted by atomic mass is 9.43. The van der Waals surface area contributed by atoms with Crippen molar-refractivity contribution < 1.29 is 29.4 Å². The van der Waals surface area contributed by atoms with Crippen LogP contribution in [0.3, 0.4) is 0 Å². The number of hydrogen-bond donors (Lipinski definition) is 5. The van der Waals surface area contributed by atoms with Gasteiger partial charge in [0.2, 0.25) is 0 Å². The van der Waals surface area contributed by atoms with E-state index in [9.17, 15) is 24.3 Å². The van der Waals surface area contributed by atoms with Crippen LogP contribution in [0, 0.1) is 46.3 Å². The molecule has 0 spiro atoms. The molecule has 0 aromatic heterocycles. The van der Waals surface area contributed by atoms with Gasteiger partial charge in [-0.2, -0.15) is 0 Å². The summed E-state index contributed by atoms with van der Waals surface area (Å²) < 4.78 is 12.1. The van der Waals surface area contributed by atoms with Gasteiger partial charge in [-0.05, 0) is 104 Å². The minimum Gasteiger partial charge on any atom is -0.481 e. The normalized spacial score (nSPS) is 47.2. The van der Waals surface area contributed by atoms with Gasteiger partial charge in [0.15, 0.2) is 0 Å². The molecule has 5 N–H and O–H groups in total. The Hall–Kier alpha value is -0.460. The molecule has 0 radical (unpaired) electrons. The van der Waals surface area contributed by atoms with Gasteiger partial charge in [-0.1, -0.05) is 20.8 Å². The predicted octanol–water partition coefficient (Wildman–Crippen LogP) is 4.17. The van der Waals surface area contributed by atoms with Crippen molar-refractivity contribution in [2.24, 2.45) is 46.3 Å². The van der Waals surface area contributed by atoms with Crippen LogP contribution in [0.2, 0.25) is 0 Å². The van der Waals surface area contributed by atoms with E-state index in [1.54, 1.807) is 0 Å². The number of carbonyl (C=O) groups is 1. The van der Waals surface area contributed by atoms with Gasteiger partial charge in [0.25, 0.3) is 0 Å². The molecule has 0 amide bonds. The Morgan fingerprint density at radius 3 is 2.38 bits per heavy atom. The topological polar surface area (TPSA) is 127 Å². The Labute approximate surface area is 192 Å². The summed E-state index contributed by atoms with van der Waals surface area (Å²) >= 11 is 0. The SMILES string of the molecule is C[C@H](CCC(=O)O)[C@H]1CC[C@H]2[C@@H]3C(NP(=O)(O)O)C[C@@H]4C[C@H](O)CC[C@]4(C)[C@H]3CC[C@]12C. The van der Waals surface area contributed by atoms with Crippen LogP contribution < -0.4 is 5.09 Å². The molecule has 184 valence electrons. The second-order valence-corrected chi connectivity index (χ2v) is 13.4. The first kappa shape index (κ1) is 24.7. The summed E-state index contributed by atoms with van der Waals surface area (Å²) in [6.45, 7) is 6.94. The van der Waals surface area contributed by atoms with Crippen molar-refractivity contribution in [3.8, 4) is 0 Å². The van der Waals surface area contributed by atoms with Crippen LogP contribution in [-0.4, -0.2) is 38.1 Å². The molecule has 4 rings (SSSR count). The molecule has 4 aliphatic carbocycles. The van der Waals surface area contributed by atoms with E-state index in [0.29, 0.717) is 36.5 Å². The van der Waals surface area contributed by atoms with E-state index in [1.807, 2.05) is 0 Å².